The van der Waals surface area contributed by atoms with E-state index in [4.69, 9.17) is 5.14 Å². The molecular weight excluding hydrogens is 372 g/mol. The molecule has 8 heteroatoms. The first kappa shape index (κ1) is 18.9. The number of hydrogen-bond acceptors (Lipinski definition) is 4. The van der Waals surface area contributed by atoms with Crippen LogP contribution in [-0.2, 0) is 26.5 Å². The van der Waals surface area contributed by atoms with Gasteiger partial charge in [0.05, 0.1) is 15.5 Å². The predicted molar refractivity (Wildman–Crippen MR) is 101 cm³/mol. The minimum atomic E-state index is -3.98. The summed E-state index contributed by atoms with van der Waals surface area (Å²) >= 11 is 0. The van der Waals surface area contributed by atoms with Gasteiger partial charge in [-0.05, 0) is 49.1 Å². The molecule has 3 rings (SSSR count). The van der Waals surface area contributed by atoms with Crippen molar-refractivity contribution in [2.45, 2.75) is 48.4 Å². The minimum Gasteiger partial charge on any atom is -0.263 e. The van der Waals surface area contributed by atoms with Crippen LogP contribution in [0.1, 0.15) is 31.7 Å². The first-order valence-electron chi connectivity index (χ1n) is 8.50. The summed E-state index contributed by atoms with van der Waals surface area (Å²) in [6, 6.07) is 12.5. The Morgan fingerprint density at radius 2 is 1.73 bits per heavy atom. The van der Waals surface area contributed by atoms with Crippen LogP contribution in [-0.4, -0.2) is 22.9 Å². The van der Waals surface area contributed by atoms with Crippen LogP contribution in [0, 0.1) is 0 Å². The molecule has 0 radical (unpaired) electrons. The highest BCUT2D eigenvalue weighted by Gasteiger charge is 2.35. The van der Waals surface area contributed by atoms with Gasteiger partial charge in [-0.2, -0.15) is 0 Å². The number of primary sulfonamides is 1. The molecule has 0 unspecified atom stereocenters. The quantitative estimate of drug-likeness (QED) is 0.843. The van der Waals surface area contributed by atoms with Gasteiger partial charge in [0.1, 0.15) is 0 Å². The number of aryl methyl sites for hydroxylation is 1. The Morgan fingerprint density at radius 1 is 1.04 bits per heavy atom. The second-order valence-corrected chi connectivity index (χ2v) is 9.81. The maximum absolute atomic E-state index is 13.4. The molecule has 0 saturated heterocycles. The largest absolute Gasteiger partial charge is 0.264 e. The number of para-hydroxylation sites is 1. The van der Waals surface area contributed by atoms with Crippen LogP contribution in [0.5, 0.6) is 0 Å². The number of sulfonamides is 2. The van der Waals surface area contributed by atoms with Gasteiger partial charge in [-0.25, -0.2) is 22.0 Å². The maximum atomic E-state index is 13.4. The second kappa shape index (κ2) is 7.02. The van der Waals surface area contributed by atoms with Crippen molar-refractivity contribution in [1.29, 1.82) is 0 Å². The van der Waals surface area contributed by atoms with Crippen molar-refractivity contribution in [3.05, 3.63) is 54.1 Å². The molecule has 0 saturated carbocycles. The van der Waals surface area contributed by atoms with Crippen molar-refractivity contribution in [2.24, 2.45) is 5.14 Å². The predicted octanol–water partition coefficient (Wildman–Crippen LogP) is 2.64. The zero-order chi connectivity index (χ0) is 18.9. The Kier molecular flexibility index (Phi) is 5.09. The lowest BCUT2D eigenvalue weighted by Crippen LogP contribution is -2.43. The number of hydrogen-bond donors (Lipinski definition) is 1. The topological polar surface area (TPSA) is 97.5 Å². The van der Waals surface area contributed by atoms with Crippen LogP contribution < -0.4 is 9.44 Å². The van der Waals surface area contributed by atoms with E-state index in [2.05, 4.69) is 0 Å². The SMILES string of the molecule is CCC[C@@H]1CCc2ccccc2N1S(=O)(=O)c1cccc(S(N)(=O)=O)c1. The van der Waals surface area contributed by atoms with Gasteiger partial charge in [0.15, 0.2) is 0 Å². The molecule has 0 fully saturated rings. The molecule has 1 heterocycles. The molecule has 0 amide bonds. The van der Waals surface area contributed by atoms with E-state index in [9.17, 15) is 16.8 Å². The standard InChI is InChI=1S/C18H22N2O4S2/c1-2-6-15-12-11-14-7-3-4-10-18(14)20(15)26(23,24)17-9-5-8-16(13-17)25(19,21)22/h3-5,7-10,13,15H,2,6,11-12H2,1H3,(H2,19,21,22)/t15-/m1/s1. The summed E-state index contributed by atoms with van der Waals surface area (Å²) in [7, 11) is -7.90. The lowest BCUT2D eigenvalue weighted by atomic mass is 9.95. The van der Waals surface area contributed by atoms with Gasteiger partial charge in [-0.1, -0.05) is 37.6 Å². The molecule has 140 valence electrons. The third-order valence-corrected chi connectivity index (χ3v) is 7.39. The van der Waals surface area contributed by atoms with E-state index in [1.807, 2.05) is 25.1 Å². The van der Waals surface area contributed by atoms with Crippen molar-refractivity contribution >= 4 is 25.7 Å². The zero-order valence-corrected chi connectivity index (χ0v) is 16.1. The van der Waals surface area contributed by atoms with Gasteiger partial charge in [0, 0.05) is 6.04 Å². The monoisotopic (exact) mass is 394 g/mol. The second-order valence-electron chi connectivity index (χ2n) is 6.43. The molecule has 1 aliphatic heterocycles. The highest BCUT2D eigenvalue weighted by atomic mass is 32.2. The van der Waals surface area contributed by atoms with E-state index in [-0.39, 0.29) is 15.8 Å². The zero-order valence-electron chi connectivity index (χ0n) is 14.5. The first-order valence-corrected chi connectivity index (χ1v) is 11.5. The Bertz CT molecular complexity index is 1020. The minimum absolute atomic E-state index is 0.0677. The summed E-state index contributed by atoms with van der Waals surface area (Å²) in [4.78, 5) is -0.280. The highest BCUT2D eigenvalue weighted by Crippen LogP contribution is 2.37. The fourth-order valence-corrected chi connectivity index (χ4v) is 5.85. The molecule has 0 spiro atoms. The summed E-state index contributed by atoms with van der Waals surface area (Å²) < 4.78 is 51.5. The van der Waals surface area contributed by atoms with Crippen molar-refractivity contribution in [3.63, 3.8) is 0 Å². The molecule has 0 bridgehead atoms. The smallest absolute Gasteiger partial charge is 0.263 e. The Morgan fingerprint density at radius 3 is 2.42 bits per heavy atom. The normalized spacial score (nSPS) is 17.8. The number of benzene rings is 2. The van der Waals surface area contributed by atoms with Gasteiger partial charge in [-0.3, -0.25) is 4.31 Å². The molecule has 1 aliphatic rings. The van der Waals surface area contributed by atoms with Crippen molar-refractivity contribution in [1.82, 2.24) is 0 Å². The molecule has 2 aromatic carbocycles. The van der Waals surface area contributed by atoms with Crippen LogP contribution in [0.3, 0.4) is 0 Å². The lowest BCUT2D eigenvalue weighted by Gasteiger charge is -2.38. The van der Waals surface area contributed by atoms with Gasteiger partial charge in [0.2, 0.25) is 10.0 Å². The van der Waals surface area contributed by atoms with Crippen molar-refractivity contribution < 1.29 is 16.8 Å². The Labute approximate surface area is 154 Å². The molecule has 0 aliphatic carbocycles. The van der Waals surface area contributed by atoms with Gasteiger partial charge in [-0.15, -0.1) is 0 Å². The van der Waals surface area contributed by atoms with Crippen LogP contribution in [0.15, 0.2) is 58.3 Å². The molecule has 1 atom stereocenters. The van der Waals surface area contributed by atoms with E-state index in [0.29, 0.717) is 5.69 Å². The summed E-state index contributed by atoms with van der Waals surface area (Å²) in [5.74, 6) is 0. The average molecular weight is 395 g/mol. The van der Waals surface area contributed by atoms with E-state index in [1.165, 1.54) is 22.5 Å². The van der Waals surface area contributed by atoms with Crippen molar-refractivity contribution in [2.75, 3.05) is 4.31 Å². The third kappa shape index (κ3) is 3.49. The van der Waals surface area contributed by atoms with Gasteiger partial charge in [0.25, 0.3) is 10.0 Å². The molecule has 2 aromatic rings. The molecule has 2 N–H and O–H groups in total. The Balaban J connectivity index is 2.15. The number of nitrogens with zero attached hydrogens (tertiary/aromatic N) is 1. The molecule has 26 heavy (non-hydrogen) atoms. The van der Waals surface area contributed by atoms with Gasteiger partial charge >= 0.3 is 0 Å². The van der Waals surface area contributed by atoms with Crippen LogP contribution in [0.25, 0.3) is 0 Å². The summed E-state index contributed by atoms with van der Waals surface area (Å²) in [5, 5.41) is 5.16. The molecule has 6 nitrogen and oxygen atoms in total. The molecule has 0 aromatic heterocycles. The van der Waals surface area contributed by atoms with Crippen LogP contribution in [0.4, 0.5) is 5.69 Å². The van der Waals surface area contributed by atoms with E-state index in [1.54, 1.807) is 6.07 Å². The third-order valence-electron chi connectivity index (χ3n) is 4.62. The highest BCUT2D eigenvalue weighted by molar-refractivity contribution is 7.93. The van der Waals surface area contributed by atoms with E-state index in [0.717, 1.165) is 37.3 Å². The van der Waals surface area contributed by atoms with Crippen molar-refractivity contribution in [3.8, 4) is 0 Å². The average Bonchev–Trinajstić information content (AvgIpc) is 2.61. The number of nitrogens with two attached hydrogens (primary N) is 1. The van der Waals surface area contributed by atoms with Crippen LogP contribution >= 0.6 is 0 Å². The van der Waals surface area contributed by atoms with E-state index >= 15 is 0 Å². The summed E-state index contributed by atoms with van der Waals surface area (Å²) in [6.07, 6.45) is 3.15. The van der Waals surface area contributed by atoms with Crippen LogP contribution in [0.2, 0.25) is 0 Å². The summed E-state index contributed by atoms with van der Waals surface area (Å²) in [5.41, 5.74) is 1.64. The maximum Gasteiger partial charge on any atom is 0.264 e. The molecular formula is C18H22N2O4S2. The fraction of sp³-hybridized carbons (Fsp3) is 0.333. The fourth-order valence-electron chi connectivity index (χ4n) is 3.42. The Hall–Kier alpha value is -1.90. The lowest BCUT2D eigenvalue weighted by molar-refractivity contribution is 0.519. The number of anilines is 1. The number of fused-ring (bicyclic) bond motifs is 1. The van der Waals surface area contributed by atoms with Gasteiger partial charge < -0.3 is 0 Å². The first-order chi connectivity index (χ1) is 12.2. The van der Waals surface area contributed by atoms with E-state index < -0.39 is 20.0 Å². The number of rotatable bonds is 5. The summed E-state index contributed by atoms with van der Waals surface area (Å²) in [6.45, 7) is 2.02.